The SMILES string of the molecule is C=CC(=O)OCCCCCCOC(=O)/C=C/C1=CC=C(OC(=O)C=C)CC1C. The van der Waals surface area contributed by atoms with Gasteiger partial charge in [0.15, 0.2) is 0 Å². The van der Waals surface area contributed by atoms with E-state index in [4.69, 9.17) is 14.2 Å². The van der Waals surface area contributed by atoms with Crippen LogP contribution in [0.5, 0.6) is 0 Å². The first-order valence-corrected chi connectivity index (χ1v) is 9.35. The van der Waals surface area contributed by atoms with Gasteiger partial charge >= 0.3 is 17.9 Å². The Morgan fingerprint density at radius 2 is 1.57 bits per heavy atom. The average molecular weight is 388 g/mol. The minimum atomic E-state index is -0.479. The van der Waals surface area contributed by atoms with Crippen LogP contribution in [-0.2, 0) is 28.6 Å². The lowest BCUT2D eigenvalue weighted by atomic mass is 9.92. The maximum absolute atomic E-state index is 11.8. The lowest BCUT2D eigenvalue weighted by molar-refractivity contribution is -0.139. The number of allylic oxidation sites excluding steroid dienone is 5. The zero-order chi connectivity index (χ0) is 20.8. The summed E-state index contributed by atoms with van der Waals surface area (Å²) in [5.74, 6) is -0.575. The van der Waals surface area contributed by atoms with E-state index in [1.165, 1.54) is 6.08 Å². The van der Waals surface area contributed by atoms with E-state index in [2.05, 4.69) is 13.2 Å². The lowest BCUT2D eigenvalue weighted by Crippen LogP contribution is -2.09. The van der Waals surface area contributed by atoms with E-state index in [1.807, 2.05) is 13.0 Å². The third-order valence-electron chi connectivity index (χ3n) is 4.04. The Balaban J connectivity index is 2.23. The van der Waals surface area contributed by atoms with Gasteiger partial charge in [-0.25, -0.2) is 14.4 Å². The van der Waals surface area contributed by atoms with Gasteiger partial charge in [0.05, 0.1) is 13.2 Å². The smallest absolute Gasteiger partial charge is 0.335 e. The Hall–Kier alpha value is -2.89. The fourth-order valence-electron chi connectivity index (χ4n) is 2.48. The number of carbonyl (C=O) groups is 3. The summed E-state index contributed by atoms with van der Waals surface area (Å²) < 4.78 is 15.2. The largest absolute Gasteiger partial charge is 0.463 e. The summed E-state index contributed by atoms with van der Waals surface area (Å²) >= 11 is 0. The molecule has 6 nitrogen and oxygen atoms in total. The molecule has 6 heteroatoms. The van der Waals surface area contributed by atoms with E-state index in [9.17, 15) is 14.4 Å². The lowest BCUT2D eigenvalue weighted by Gasteiger charge is -2.18. The second kappa shape index (κ2) is 13.3. The summed E-state index contributed by atoms with van der Waals surface area (Å²) in [6.07, 6.45) is 12.8. The first kappa shape index (κ1) is 23.1. The summed E-state index contributed by atoms with van der Waals surface area (Å²) in [6, 6.07) is 0. The fraction of sp³-hybridized carbons (Fsp3) is 0.409. The summed E-state index contributed by atoms with van der Waals surface area (Å²) in [5, 5.41) is 0. The molecular weight excluding hydrogens is 360 g/mol. The van der Waals surface area contributed by atoms with Crippen LogP contribution in [0.3, 0.4) is 0 Å². The summed E-state index contributed by atoms with van der Waals surface area (Å²) in [5.41, 5.74) is 0.962. The van der Waals surface area contributed by atoms with E-state index < -0.39 is 11.9 Å². The van der Waals surface area contributed by atoms with Crippen molar-refractivity contribution in [3.05, 3.63) is 60.9 Å². The molecule has 0 aromatic heterocycles. The normalized spacial score (nSPS) is 16.0. The van der Waals surface area contributed by atoms with Crippen molar-refractivity contribution in [2.75, 3.05) is 13.2 Å². The summed E-state index contributed by atoms with van der Waals surface area (Å²) in [6.45, 7) is 9.41. The van der Waals surface area contributed by atoms with Crippen LogP contribution in [0.15, 0.2) is 60.9 Å². The molecule has 0 saturated heterocycles. The van der Waals surface area contributed by atoms with Crippen LogP contribution in [-0.4, -0.2) is 31.1 Å². The van der Waals surface area contributed by atoms with Gasteiger partial charge in [0, 0.05) is 24.6 Å². The fourth-order valence-corrected chi connectivity index (χ4v) is 2.48. The molecule has 0 spiro atoms. The Morgan fingerprint density at radius 1 is 0.964 bits per heavy atom. The second-order valence-corrected chi connectivity index (χ2v) is 6.32. The molecule has 1 atom stereocenters. The minimum absolute atomic E-state index is 0.122. The zero-order valence-electron chi connectivity index (χ0n) is 16.4. The first-order chi connectivity index (χ1) is 13.5. The van der Waals surface area contributed by atoms with Gasteiger partial charge in [0.1, 0.15) is 5.76 Å². The molecule has 0 N–H and O–H groups in total. The highest BCUT2D eigenvalue weighted by molar-refractivity contribution is 5.83. The number of unbranched alkanes of at least 4 members (excludes halogenated alkanes) is 3. The van der Waals surface area contributed by atoms with Crippen molar-refractivity contribution >= 4 is 17.9 Å². The van der Waals surface area contributed by atoms with Gasteiger partial charge in [-0.15, -0.1) is 0 Å². The number of ether oxygens (including phenoxy) is 3. The monoisotopic (exact) mass is 388 g/mol. The Kier molecular flexibility index (Phi) is 11.0. The minimum Gasteiger partial charge on any atom is -0.463 e. The van der Waals surface area contributed by atoms with E-state index in [-0.39, 0.29) is 11.9 Å². The predicted octanol–water partition coefficient (Wildman–Crippen LogP) is 3.95. The number of rotatable bonds is 12. The number of hydrogen-bond donors (Lipinski definition) is 0. The Labute approximate surface area is 166 Å². The third kappa shape index (κ3) is 9.71. The Bertz CT molecular complexity index is 669. The molecular formula is C22H28O6. The van der Waals surface area contributed by atoms with Gasteiger partial charge < -0.3 is 14.2 Å². The third-order valence-corrected chi connectivity index (χ3v) is 4.04. The quantitative estimate of drug-likeness (QED) is 0.218. The van der Waals surface area contributed by atoms with Crippen LogP contribution >= 0.6 is 0 Å². The van der Waals surface area contributed by atoms with E-state index in [0.717, 1.165) is 43.4 Å². The van der Waals surface area contributed by atoms with Crippen LogP contribution in [0.4, 0.5) is 0 Å². The van der Waals surface area contributed by atoms with Gasteiger partial charge in [0.2, 0.25) is 0 Å². The first-order valence-electron chi connectivity index (χ1n) is 9.35. The molecule has 1 aliphatic carbocycles. The molecule has 0 radical (unpaired) electrons. The van der Waals surface area contributed by atoms with Gasteiger partial charge in [-0.05, 0) is 43.3 Å². The van der Waals surface area contributed by atoms with Crippen LogP contribution in [0.2, 0.25) is 0 Å². The molecule has 1 rings (SSSR count). The van der Waals surface area contributed by atoms with Crippen LogP contribution in [0.1, 0.15) is 39.0 Å². The Morgan fingerprint density at radius 3 is 2.14 bits per heavy atom. The summed E-state index contributed by atoms with van der Waals surface area (Å²) in [7, 11) is 0. The van der Waals surface area contributed by atoms with Crippen molar-refractivity contribution in [3.8, 4) is 0 Å². The molecule has 152 valence electrons. The molecule has 28 heavy (non-hydrogen) atoms. The molecule has 1 unspecified atom stereocenters. The van der Waals surface area contributed by atoms with Crippen LogP contribution in [0.25, 0.3) is 0 Å². The molecule has 0 saturated carbocycles. The predicted molar refractivity (Wildman–Crippen MR) is 106 cm³/mol. The van der Waals surface area contributed by atoms with Gasteiger partial charge in [-0.1, -0.05) is 32.2 Å². The molecule has 0 aliphatic heterocycles. The number of carbonyl (C=O) groups excluding carboxylic acids is 3. The standard InChI is InChI=1S/C22H28O6/c1-4-20(23)26-14-8-6-7-9-15-27-22(25)13-11-18-10-12-19(16-17(18)3)28-21(24)5-2/h4-5,10-13,17H,1-2,6-9,14-16H2,3H3/b13-11+. The zero-order valence-corrected chi connectivity index (χ0v) is 16.4. The van der Waals surface area contributed by atoms with Crippen molar-refractivity contribution in [1.29, 1.82) is 0 Å². The highest BCUT2D eigenvalue weighted by atomic mass is 16.5. The van der Waals surface area contributed by atoms with Crippen molar-refractivity contribution in [1.82, 2.24) is 0 Å². The van der Waals surface area contributed by atoms with Gasteiger partial charge in [-0.2, -0.15) is 0 Å². The molecule has 0 aromatic carbocycles. The van der Waals surface area contributed by atoms with Crippen molar-refractivity contribution in [2.24, 2.45) is 5.92 Å². The number of esters is 3. The molecule has 0 amide bonds. The van der Waals surface area contributed by atoms with Crippen molar-refractivity contribution in [3.63, 3.8) is 0 Å². The van der Waals surface area contributed by atoms with E-state index in [0.29, 0.717) is 25.4 Å². The van der Waals surface area contributed by atoms with Gasteiger partial charge in [-0.3, -0.25) is 0 Å². The highest BCUT2D eigenvalue weighted by Crippen LogP contribution is 2.26. The van der Waals surface area contributed by atoms with Crippen LogP contribution < -0.4 is 0 Å². The molecule has 0 aromatic rings. The molecule has 0 heterocycles. The molecule has 1 aliphatic rings. The average Bonchev–Trinajstić information content (AvgIpc) is 2.68. The maximum Gasteiger partial charge on any atom is 0.335 e. The van der Waals surface area contributed by atoms with E-state index >= 15 is 0 Å². The highest BCUT2D eigenvalue weighted by Gasteiger charge is 2.16. The topological polar surface area (TPSA) is 78.9 Å². The van der Waals surface area contributed by atoms with Crippen LogP contribution in [0, 0.1) is 5.92 Å². The summed E-state index contributed by atoms with van der Waals surface area (Å²) in [4.78, 5) is 33.9. The molecule has 0 bridgehead atoms. The van der Waals surface area contributed by atoms with Crippen molar-refractivity contribution < 1.29 is 28.6 Å². The second-order valence-electron chi connectivity index (χ2n) is 6.32. The van der Waals surface area contributed by atoms with Gasteiger partial charge in [0.25, 0.3) is 0 Å². The number of hydrogen-bond acceptors (Lipinski definition) is 6. The van der Waals surface area contributed by atoms with E-state index in [1.54, 1.807) is 12.2 Å². The maximum atomic E-state index is 11.8. The molecule has 0 fully saturated rings. The van der Waals surface area contributed by atoms with Crippen molar-refractivity contribution in [2.45, 2.75) is 39.0 Å².